The number of rotatable bonds is 5. The Hall–Kier alpha value is -1.71. The molecule has 0 aliphatic heterocycles. The van der Waals surface area contributed by atoms with Crippen LogP contribution in [0.4, 0.5) is 5.69 Å². The standard InChI is InChI=1S/C13H21N3O/c1-4-12(13(14)16-17)15-11-7-5-6-10(8-11)9(2)3/h5-9,12,15,17H,4H2,1-3H3,(H2,14,16). The van der Waals surface area contributed by atoms with E-state index in [1.165, 1.54) is 5.56 Å². The van der Waals surface area contributed by atoms with Crippen molar-refractivity contribution in [2.24, 2.45) is 10.9 Å². The quantitative estimate of drug-likeness (QED) is 0.318. The van der Waals surface area contributed by atoms with Crippen molar-refractivity contribution in [1.29, 1.82) is 0 Å². The van der Waals surface area contributed by atoms with Gasteiger partial charge in [0.1, 0.15) is 0 Å². The van der Waals surface area contributed by atoms with E-state index in [0.717, 1.165) is 12.1 Å². The number of benzene rings is 1. The zero-order chi connectivity index (χ0) is 12.8. The molecule has 4 heteroatoms. The third kappa shape index (κ3) is 3.66. The van der Waals surface area contributed by atoms with Crippen LogP contribution in [-0.4, -0.2) is 17.1 Å². The van der Waals surface area contributed by atoms with Crippen LogP contribution in [0.5, 0.6) is 0 Å². The minimum atomic E-state index is -0.137. The Morgan fingerprint density at radius 1 is 1.47 bits per heavy atom. The zero-order valence-corrected chi connectivity index (χ0v) is 10.6. The second-order valence-electron chi connectivity index (χ2n) is 4.41. The van der Waals surface area contributed by atoms with Crippen molar-refractivity contribution >= 4 is 11.5 Å². The Morgan fingerprint density at radius 3 is 2.71 bits per heavy atom. The summed E-state index contributed by atoms with van der Waals surface area (Å²) in [6.45, 7) is 6.29. The molecule has 0 aromatic heterocycles. The molecule has 0 aliphatic rings. The first kappa shape index (κ1) is 13.4. The van der Waals surface area contributed by atoms with Crippen molar-refractivity contribution in [3.63, 3.8) is 0 Å². The van der Waals surface area contributed by atoms with Gasteiger partial charge < -0.3 is 16.3 Å². The normalized spacial score (nSPS) is 13.8. The number of hydrogen-bond acceptors (Lipinski definition) is 3. The maximum Gasteiger partial charge on any atom is 0.161 e. The fourth-order valence-electron chi connectivity index (χ4n) is 1.64. The van der Waals surface area contributed by atoms with Crippen molar-refractivity contribution in [2.75, 3.05) is 5.32 Å². The minimum Gasteiger partial charge on any atom is -0.409 e. The number of amidine groups is 1. The monoisotopic (exact) mass is 235 g/mol. The molecule has 0 radical (unpaired) electrons. The predicted octanol–water partition coefficient (Wildman–Crippen LogP) is 2.75. The molecule has 0 bridgehead atoms. The maximum atomic E-state index is 8.68. The fraction of sp³-hybridized carbons (Fsp3) is 0.462. The molecule has 4 nitrogen and oxygen atoms in total. The minimum absolute atomic E-state index is 0.137. The average Bonchev–Trinajstić information content (AvgIpc) is 2.35. The molecule has 1 aromatic rings. The van der Waals surface area contributed by atoms with Crippen molar-refractivity contribution in [2.45, 2.75) is 39.2 Å². The fourth-order valence-corrected chi connectivity index (χ4v) is 1.64. The van der Waals surface area contributed by atoms with Gasteiger partial charge in [-0.15, -0.1) is 0 Å². The smallest absolute Gasteiger partial charge is 0.161 e. The van der Waals surface area contributed by atoms with Crippen LogP contribution in [0.25, 0.3) is 0 Å². The Kier molecular flexibility index (Phi) is 4.82. The molecule has 0 aliphatic carbocycles. The van der Waals surface area contributed by atoms with Gasteiger partial charge in [0.2, 0.25) is 0 Å². The van der Waals surface area contributed by atoms with Gasteiger partial charge in [-0.1, -0.05) is 38.1 Å². The Morgan fingerprint density at radius 2 is 2.18 bits per heavy atom. The van der Waals surface area contributed by atoms with E-state index in [1.54, 1.807) is 0 Å². The van der Waals surface area contributed by atoms with Crippen LogP contribution < -0.4 is 11.1 Å². The van der Waals surface area contributed by atoms with Crippen LogP contribution in [0.1, 0.15) is 38.7 Å². The van der Waals surface area contributed by atoms with Crippen LogP contribution >= 0.6 is 0 Å². The van der Waals surface area contributed by atoms with Crippen molar-refractivity contribution in [3.05, 3.63) is 29.8 Å². The first-order chi connectivity index (χ1) is 8.08. The lowest BCUT2D eigenvalue weighted by atomic mass is 10.0. The summed E-state index contributed by atoms with van der Waals surface area (Å²) in [4.78, 5) is 0. The van der Waals surface area contributed by atoms with Crippen LogP contribution in [0.2, 0.25) is 0 Å². The zero-order valence-electron chi connectivity index (χ0n) is 10.6. The van der Waals surface area contributed by atoms with Gasteiger partial charge in [0, 0.05) is 5.69 Å². The molecule has 1 aromatic carbocycles. The molecule has 1 rings (SSSR count). The van der Waals surface area contributed by atoms with Crippen LogP contribution in [-0.2, 0) is 0 Å². The molecule has 0 saturated carbocycles. The van der Waals surface area contributed by atoms with Crippen LogP contribution in [0.3, 0.4) is 0 Å². The second kappa shape index (κ2) is 6.13. The summed E-state index contributed by atoms with van der Waals surface area (Å²) >= 11 is 0. The lowest BCUT2D eigenvalue weighted by molar-refractivity contribution is 0.316. The van der Waals surface area contributed by atoms with Gasteiger partial charge in [0.25, 0.3) is 0 Å². The summed E-state index contributed by atoms with van der Waals surface area (Å²) in [6.07, 6.45) is 0.766. The molecule has 0 spiro atoms. The van der Waals surface area contributed by atoms with Gasteiger partial charge in [-0.05, 0) is 30.0 Å². The van der Waals surface area contributed by atoms with Crippen molar-refractivity contribution < 1.29 is 5.21 Å². The van der Waals surface area contributed by atoms with Gasteiger partial charge in [-0.25, -0.2) is 0 Å². The third-order valence-electron chi connectivity index (χ3n) is 2.77. The van der Waals surface area contributed by atoms with Crippen molar-refractivity contribution in [1.82, 2.24) is 0 Å². The summed E-state index contributed by atoms with van der Waals surface area (Å²) in [5, 5.41) is 15.0. The highest BCUT2D eigenvalue weighted by Gasteiger charge is 2.11. The van der Waals surface area contributed by atoms with E-state index in [-0.39, 0.29) is 11.9 Å². The second-order valence-corrected chi connectivity index (χ2v) is 4.41. The molecule has 17 heavy (non-hydrogen) atoms. The molecule has 0 heterocycles. The topological polar surface area (TPSA) is 70.6 Å². The predicted molar refractivity (Wildman–Crippen MR) is 71.6 cm³/mol. The molecular formula is C13H21N3O. The molecule has 0 amide bonds. The van der Waals surface area contributed by atoms with Gasteiger partial charge in [-0.2, -0.15) is 0 Å². The third-order valence-corrected chi connectivity index (χ3v) is 2.77. The summed E-state index contributed by atoms with van der Waals surface area (Å²) in [5.41, 5.74) is 7.87. The molecule has 1 atom stereocenters. The summed E-state index contributed by atoms with van der Waals surface area (Å²) in [7, 11) is 0. The largest absolute Gasteiger partial charge is 0.409 e. The number of hydrogen-bond donors (Lipinski definition) is 3. The molecule has 0 saturated heterocycles. The highest BCUT2D eigenvalue weighted by Crippen LogP contribution is 2.19. The van der Waals surface area contributed by atoms with E-state index in [9.17, 15) is 0 Å². The Balaban J connectivity index is 2.83. The highest BCUT2D eigenvalue weighted by atomic mass is 16.4. The molecule has 4 N–H and O–H groups in total. The van der Waals surface area contributed by atoms with E-state index in [4.69, 9.17) is 10.9 Å². The molecular weight excluding hydrogens is 214 g/mol. The van der Waals surface area contributed by atoms with E-state index in [2.05, 4.69) is 36.5 Å². The first-order valence-corrected chi connectivity index (χ1v) is 5.92. The van der Waals surface area contributed by atoms with E-state index < -0.39 is 0 Å². The summed E-state index contributed by atoms with van der Waals surface area (Å²) < 4.78 is 0. The average molecular weight is 235 g/mol. The SMILES string of the molecule is CCC(Nc1cccc(C(C)C)c1)C(N)=NO. The Bertz CT molecular complexity index is 388. The number of oxime groups is 1. The van der Waals surface area contributed by atoms with Crippen LogP contribution in [0, 0.1) is 0 Å². The van der Waals surface area contributed by atoms with Crippen molar-refractivity contribution in [3.8, 4) is 0 Å². The summed E-state index contributed by atoms with van der Waals surface area (Å²) in [6, 6.07) is 8.05. The van der Waals surface area contributed by atoms with Crippen LogP contribution in [0.15, 0.2) is 29.4 Å². The van der Waals surface area contributed by atoms with E-state index in [1.807, 2.05) is 19.1 Å². The number of nitrogens with one attached hydrogen (secondary N) is 1. The van der Waals surface area contributed by atoms with E-state index >= 15 is 0 Å². The summed E-state index contributed by atoms with van der Waals surface area (Å²) in [5.74, 6) is 0.697. The van der Waals surface area contributed by atoms with Gasteiger partial charge >= 0.3 is 0 Å². The van der Waals surface area contributed by atoms with Gasteiger partial charge in [0.05, 0.1) is 6.04 Å². The lowest BCUT2D eigenvalue weighted by Crippen LogP contribution is -2.35. The highest BCUT2D eigenvalue weighted by molar-refractivity contribution is 5.87. The lowest BCUT2D eigenvalue weighted by Gasteiger charge is -2.17. The van der Waals surface area contributed by atoms with Gasteiger partial charge in [-0.3, -0.25) is 0 Å². The molecule has 1 unspecified atom stereocenters. The number of nitrogens with two attached hydrogens (primary N) is 1. The number of anilines is 1. The first-order valence-electron chi connectivity index (χ1n) is 5.92. The maximum absolute atomic E-state index is 8.68. The molecule has 94 valence electrons. The van der Waals surface area contributed by atoms with Gasteiger partial charge in [0.15, 0.2) is 5.84 Å². The number of nitrogens with zero attached hydrogens (tertiary/aromatic N) is 1. The Labute approximate surface area is 103 Å². The molecule has 0 fully saturated rings. The van der Waals surface area contributed by atoms with E-state index in [0.29, 0.717) is 5.92 Å².